The van der Waals surface area contributed by atoms with Crippen LogP contribution >= 0.6 is 0 Å². The number of likely N-dealkylation sites (tertiary alicyclic amines) is 1. The first kappa shape index (κ1) is 11.5. The molecule has 0 saturated carbocycles. The van der Waals surface area contributed by atoms with Crippen LogP contribution in [0, 0.1) is 12.3 Å². The van der Waals surface area contributed by atoms with Crippen LogP contribution in [0.4, 0.5) is 0 Å². The number of hydrogen-bond donors (Lipinski definition) is 1. The minimum Gasteiger partial charge on any atom is -0.338 e. The van der Waals surface area contributed by atoms with Gasteiger partial charge in [-0.25, -0.2) is 0 Å². The molecule has 88 valence electrons. The zero-order chi connectivity index (χ0) is 11.4. The van der Waals surface area contributed by atoms with Gasteiger partial charge in [0.1, 0.15) is 0 Å². The second-order valence-corrected chi connectivity index (χ2v) is 4.70. The van der Waals surface area contributed by atoms with Crippen LogP contribution in [0.5, 0.6) is 0 Å². The Hall–Kier alpha value is -1.01. The number of amides is 1. The van der Waals surface area contributed by atoms with Crippen molar-refractivity contribution in [2.45, 2.75) is 50.6 Å². The summed E-state index contributed by atoms with van der Waals surface area (Å²) in [6.45, 7) is 2.03. The minimum atomic E-state index is 0.245. The molecule has 2 fully saturated rings. The fraction of sp³-hybridized carbons (Fsp3) is 0.769. The van der Waals surface area contributed by atoms with Crippen molar-refractivity contribution in [3.05, 3.63) is 0 Å². The average Bonchev–Trinajstić information content (AvgIpc) is 2.94. The van der Waals surface area contributed by atoms with Crippen molar-refractivity contribution in [2.75, 3.05) is 13.1 Å². The molecule has 2 heterocycles. The third-order valence-electron chi connectivity index (χ3n) is 3.67. The summed E-state index contributed by atoms with van der Waals surface area (Å²) in [7, 11) is 0. The normalized spacial score (nSPS) is 29.3. The fourth-order valence-electron chi connectivity index (χ4n) is 2.88. The van der Waals surface area contributed by atoms with Gasteiger partial charge in [0.2, 0.25) is 5.91 Å². The molecule has 0 aromatic heterocycles. The maximum atomic E-state index is 12.0. The molecule has 0 aromatic rings. The Morgan fingerprint density at radius 2 is 2.31 bits per heavy atom. The highest BCUT2D eigenvalue weighted by atomic mass is 16.2. The van der Waals surface area contributed by atoms with Crippen LogP contribution in [-0.2, 0) is 4.79 Å². The number of carbonyl (C=O) groups excluding carboxylic acids is 1. The van der Waals surface area contributed by atoms with E-state index in [0.717, 1.165) is 25.9 Å². The Morgan fingerprint density at radius 1 is 1.44 bits per heavy atom. The highest BCUT2D eigenvalue weighted by Gasteiger charge is 2.35. The lowest BCUT2D eigenvalue weighted by Crippen LogP contribution is -2.46. The van der Waals surface area contributed by atoms with Gasteiger partial charge in [0, 0.05) is 31.5 Å². The van der Waals surface area contributed by atoms with Gasteiger partial charge in [-0.05, 0) is 32.2 Å². The van der Waals surface area contributed by atoms with E-state index in [1.807, 2.05) is 0 Å². The molecule has 0 aromatic carbocycles. The van der Waals surface area contributed by atoms with Crippen molar-refractivity contribution < 1.29 is 4.79 Å². The molecule has 2 aliphatic heterocycles. The van der Waals surface area contributed by atoms with Gasteiger partial charge in [-0.15, -0.1) is 12.3 Å². The summed E-state index contributed by atoms with van der Waals surface area (Å²) in [5.74, 6) is 2.79. The van der Waals surface area contributed by atoms with Crippen LogP contribution in [-0.4, -0.2) is 36.0 Å². The van der Waals surface area contributed by atoms with Crippen molar-refractivity contribution in [1.29, 1.82) is 0 Å². The fourth-order valence-corrected chi connectivity index (χ4v) is 2.88. The van der Waals surface area contributed by atoms with Gasteiger partial charge in [-0.2, -0.15) is 0 Å². The number of nitrogens with one attached hydrogen (secondary N) is 1. The van der Waals surface area contributed by atoms with Crippen LogP contribution in [0.3, 0.4) is 0 Å². The second-order valence-electron chi connectivity index (χ2n) is 4.70. The minimum absolute atomic E-state index is 0.245. The molecule has 0 radical (unpaired) electrons. The molecule has 2 saturated heterocycles. The molecule has 0 bridgehead atoms. The lowest BCUT2D eigenvalue weighted by molar-refractivity contribution is -0.132. The molecule has 2 aliphatic rings. The number of rotatable bonds is 3. The molecule has 2 unspecified atom stereocenters. The van der Waals surface area contributed by atoms with E-state index in [1.165, 1.54) is 12.8 Å². The molecular weight excluding hydrogens is 200 g/mol. The zero-order valence-electron chi connectivity index (χ0n) is 9.74. The van der Waals surface area contributed by atoms with Crippen molar-refractivity contribution >= 4 is 5.91 Å². The molecule has 0 aliphatic carbocycles. The molecule has 2 atom stereocenters. The van der Waals surface area contributed by atoms with Crippen LogP contribution in [0.15, 0.2) is 0 Å². The molecule has 16 heavy (non-hydrogen) atoms. The average molecular weight is 220 g/mol. The van der Waals surface area contributed by atoms with E-state index in [1.54, 1.807) is 0 Å². The monoisotopic (exact) mass is 220 g/mol. The second kappa shape index (κ2) is 5.36. The van der Waals surface area contributed by atoms with Gasteiger partial charge in [-0.1, -0.05) is 0 Å². The van der Waals surface area contributed by atoms with E-state index < -0.39 is 0 Å². The highest BCUT2D eigenvalue weighted by molar-refractivity contribution is 5.77. The Bertz CT molecular complexity index is 289. The summed E-state index contributed by atoms with van der Waals surface area (Å²) < 4.78 is 0. The maximum absolute atomic E-state index is 12.0. The van der Waals surface area contributed by atoms with Gasteiger partial charge < -0.3 is 10.2 Å². The molecule has 0 spiro atoms. The van der Waals surface area contributed by atoms with Crippen molar-refractivity contribution in [2.24, 2.45) is 0 Å². The molecule has 3 nitrogen and oxygen atoms in total. The lowest BCUT2D eigenvalue weighted by atomic mass is 10.0. The van der Waals surface area contributed by atoms with Crippen LogP contribution < -0.4 is 5.32 Å². The Morgan fingerprint density at radius 3 is 3.00 bits per heavy atom. The van der Waals surface area contributed by atoms with Crippen LogP contribution in [0.25, 0.3) is 0 Å². The van der Waals surface area contributed by atoms with Gasteiger partial charge in [0.15, 0.2) is 0 Å². The zero-order valence-corrected chi connectivity index (χ0v) is 9.74. The SMILES string of the molecule is C#CCCC(=O)N1CCCC1C1CCCN1. The van der Waals surface area contributed by atoms with E-state index >= 15 is 0 Å². The summed E-state index contributed by atoms with van der Waals surface area (Å²) in [5, 5.41) is 3.51. The number of nitrogens with zero attached hydrogens (tertiary/aromatic N) is 1. The summed E-state index contributed by atoms with van der Waals surface area (Å²) in [6.07, 6.45) is 11.0. The number of carbonyl (C=O) groups is 1. The van der Waals surface area contributed by atoms with E-state index in [4.69, 9.17) is 6.42 Å². The first-order chi connectivity index (χ1) is 7.83. The third kappa shape index (κ3) is 2.38. The van der Waals surface area contributed by atoms with Crippen molar-refractivity contribution in [3.63, 3.8) is 0 Å². The van der Waals surface area contributed by atoms with Gasteiger partial charge in [-0.3, -0.25) is 4.79 Å². The largest absolute Gasteiger partial charge is 0.338 e. The molecule has 3 heteroatoms. The topological polar surface area (TPSA) is 32.3 Å². The summed E-state index contributed by atoms with van der Waals surface area (Å²) in [5.41, 5.74) is 0. The quantitative estimate of drug-likeness (QED) is 0.723. The lowest BCUT2D eigenvalue weighted by Gasteiger charge is -2.29. The molecular formula is C13H20N2O. The first-order valence-electron chi connectivity index (χ1n) is 6.29. The summed E-state index contributed by atoms with van der Waals surface area (Å²) in [6, 6.07) is 0.949. The molecule has 1 amide bonds. The predicted molar refractivity (Wildman–Crippen MR) is 63.8 cm³/mol. The highest BCUT2D eigenvalue weighted by Crippen LogP contribution is 2.25. The number of hydrogen-bond acceptors (Lipinski definition) is 2. The van der Waals surface area contributed by atoms with Crippen LogP contribution in [0.2, 0.25) is 0 Å². The third-order valence-corrected chi connectivity index (χ3v) is 3.67. The standard InChI is InChI=1S/C13H20N2O/c1-2-3-8-13(16)15-10-5-7-12(15)11-6-4-9-14-11/h1,11-12,14H,3-10H2. The maximum Gasteiger partial charge on any atom is 0.223 e. The van der Waals surface area contributed by atoms with E-state index in [9.17, 15) is 4.79 Å². The summed E-state index contributed by atoms with van der Waals surface area (Å²) in [4.78, 5) is 14.0. The van der Waals surface area contributed by atoms with Gasteiger partial charge in [0.25, 0.3) is 0 Å². The summed E-state index contributed by atoms with van der Waals surface area (Å²) >= 11 is 0. The Labute approximate surface area is 97.6 Å². The van der Waals surface area contributed by atoms with Crippen LogP contribution in [0.1, 0.15) is 38.5 Å². The smallest absolute Gasteiger partial charge is 0.223 e. The first-order valence-corrected chi connectivity index (χ1v) is 6.29. The van der Waals surface area contributed by atoms with Crippen molar-refractivity contribution in [3.8, 4) is 12.3 Å². The molecule has 2 rings (SSSR count). The van der Waals surface area contributed by atoms with Gasteiger partial charge in [0.05, 0.1) is 0 Å². The Balaban J connectivity index is 1.92. The van der Waals surface area contributed by atoms with Crippen molar-refractivity contribution in [1.82, 2.24) is 10.2 Å². The van der Waals surface area contributed by atoms with E-state index in [-0.39, 0.29) is 5.91 Å². The molecule has 1 N–H and O–H groups in total. The van der Waals surface area contributed by atoms with E-state index in [0.29, 0.717) is 24.9 Å². The van der Waals surface area contributed by atoms with E-state index in [2.05, 4.69) is 16.1 Å². The number of terminal acetylenes is 1. The predicted octanol–water partition coefficient (Wildman–Crippen LogP) is 1.14. The Kier molecular flexibility index (Phi) is 3.84. The van der Waals surface area contributed by atoms with Gasteiger partial charge >= 0.3 is 0 Å².